The van der Waals surface area contributed by atoms with Crippen LogP contribution in [-0.4, -0.2) is 11.1 Å². The number of nitrogens with one attached hydrogen (secondary N) is 1. The molecule has 2 aromatic carbocycles. The number of aromatic carboxylic acids is 1. The monoisotopic (exact) mass is 389 g/mol. The molecule has 0 unspecified atom stereocenters. The molecule has 0 saturated heterocycles. The van der Waals surface area contributed by atoms with Gasteiger partial charge in [0.25, 0.3) is 0 Å². The second-order valence-corrected chi connectivity index (χ2v) is 8.39. The van der Waals surface area contributed by atoms with Crippen molar-refractivity contribution in [2.24, 2.45) is 17.8 Å². The van der Waals surface area contributed by atoms with Crippen molar-refractivity contribution < 1.29 is 18.7 Å². The summed E-state index contributed by atoms with van der Waals surface area (Å²) in [4.78, 5) is 11.9. The molecule has 0 aromatic heterocycles. The highest BCUT2D eigenvalue weighted by Crippen LogP contribution is 2.64. The van der Waals surface area contributed by atoms with Gasteiger partial charge in [0.2, 0.25) is 0 Å². The van der Waals surface area contributed by atoms with Crippen LogP contribution in [0.25, 0.3) is 0 Å². The summed E-state index contributed by atoms with van der Waals surface area (Å²) in [6, 6.07) is 7.11. The van der Waals surface area contributed by atoms with Crippen LogP contribution in [0.15, 0.2) is 30.3 Å². The number of carboxylic acids is 1. The molecule has 2 bridgehead atoms. The van der Waals surface area contributed by atoms with E-state index in [9.17, 15) is 18.7 Å². The molecule has 6 heteroatoms. The maximum atomic E-state index is 13.9. The van der Waals surface area contributed by atoms with Gasteiger partial charge in [-0.2, -0.15) is 0 Å². The van der Waals surface area contributed by atoms with Crippen LogP contribution in [0, 0.1) is 29.4 Å². The van der Waals surface area contributed by atoms with Crippen LogP contribution < -0.4 is 5.32 Å². The van der Waals surface area contributed by atoms with Crippen molar-refractivity contribution in [3.05, 3.63) is 63.7 Å². The first-order valence-corrected chi connectivity index (χ1v) is 9.60. The van der Waals surface area contributed by atoms with Gasteiger partial charge in [0.15, 0.2) is 11.6 Å². The van der Waals surface area contributed by atoms with Gasteiger partial charge in [-0.25, -0.2) is 13.6 Å². The highest BCUT2D eigenvalue weighted by Gasteiger charge is 2.54. The molecule has 5 rings (SSSR count). The molecule has 5 atom stereocenters. The van der Waals surface area contributed by atoms with Gasteiger partial charge >= 0.3 is 5.97 Å². The Kier molecular flexibility index (Phi) is 3.73. The molecule has 0 spiro atoms. The maximum Gasteiger partial charge on any atom is 0.336 e. The molecular formula is C21H18ClF2NO2. The largest absolute Gasteiger partial charge is 0.478 e. The normalized spacial score (nSPS) is 30.6. The van der Waals surface area contributed by atoms with Gasteiger partial charge in [-0.05, 0) is 78.3 Å². The lowest BCUT2D eigenvalue weighted by Gasteiger charge is -2.44. The van der Waals surface area contributed by atoms with E-state index in [2.05, 4.69) is 5.32 Å². The SMILES string of the molecule is O=C(O)c1cc(Cl)cc2c1[C@@H]1[C@H]3CC[C@@H](C3)[C@H]1[C@@H](c1ccc(F)c(F)c1)N2. The van der Waals surface area contributed by atoms with E-state index in [4.69, 9.17) is 11.6 Å². The van der Waals surface area contributed by atoms with Gasteiger partial charge in [0, 0.05) is 10.7 Å². The van der Waals surface area contributed by atoms with E-state index in [1.165, 1.54) is 12.1 Å². The van der Waals surface area contributed by atoms with Crippen molar-refractivity contribution in [1.29, 1.82) is 0 Å². The summed E-state index contributed by atoms with van der Waals surface area (Å²) in [7, 11) is 0. The van der Waals surface area contributed by atoms with Crippen LogP contribution in [0.3, 0.4) is 0 Å². The quantitative estimate of drug-likeness (QED) is 0.701. The second kappa shape index (κ2) is 5.93. The Balaban J connectivity index is 1.69. The molecule has 1 aliphatic heterocycles. The average Bonchev–Trinajstić information content (AvgIpc) is 3.24. The number of benzene rings is 2. The third-order valence-electron chi connectivity index (χ3n) is 6.69. The number of anilines is 1. The molecular weight excluding hydrogens is 372 g/mol. The number of hydrogen-bond acceptors (Lipinski definition) is 2. The number of hydrogen-bond donors (Lipinski definition) is 2. The topological polar surface area (TPSA) is 49.3 Å². The van der Waals surface area contributed by atoms with E-state index in [0.29, 0.717) is 28.1 Å². The fourth-order valence-corrected chi connectivity index (χ4v) is 6.01. The number of carbonyl (C=O) groups is 1. The van der Waals surface area contributed by atoms with Crippen molar-refractivity contribution in [3.63, 3.8) is 0 Å². The Morgan fingerprint density at radius 1 is 1.11 bits per heavy atom. The Morgan fingerprint density at radius 2 is 1.89 bits per heavy atom. The smallest absolute Gasteiger partial charge is 0.336 e. The van der Waals surface area contributed by atoms with Gasteiger partial charge in [0.1, 0.15) is 0 Å². The molecule has 3 nitrogen and oxygen atoms in total. The molecule has 27 heavy (non-hydrogen) atoms. The Labute approximate surface area is 160 Å². The summed E-state index contributed by atoms with van der Waals surface area (Å²) in [5.74, 6) is -1.57. The first-order valence-electron chi connectivity index (χ1n) is 9.22. The molecule has 2 N–H and O–H groups in total. The Hall–Kier alpha value is -2.14. The van der Waals surface area contributed by atoms with Gasteiger partial charge in [-0.15, -0.1) is 0 Å². The van der Waals surface area contributed by atoms with Crippen molar-refractivity contribution >= 4 is 23.3 Å². The van der Waals surface area contributed by atoms with Crippen LogP contribution in [0.4, 0.5) is 14.5 Å². The number of carboxylic acid groups (broad SMARTS) is 1. The summed E-state index contributed by atoms with van der Waals surface area (Å²) in [6.07, 6.45) is 3.23. The van der Waals surface area contributed by atoms with Crippen molar-refractivity contribution in [2.75, 3.05) is 5.32 Å². The van der Waals surface area contributed by atoms with Gasteiger partial charge < -0.3 is 10.4 Å². The lowest BCUT2D eigenvalue weighted by Crippen LogP contribution is -2.36. The zero-order chi connectivity index (χ0) is 18.9. The summed E-state index contributed by atoms with van der Waals surface area (Å²) in [5, 5.41) is 13.5. The zero-order valence-corrected chi connectivity index (χ0v) is 15.1. The van der Waals surface area contributed by atoms with E-state index >= 15 is 0 Å². The minimum absolute atomic E-state index is 0.0986. The van der Waals surface area contributed by atoms with E-state index in [1.807, 2.05) is 0 Å². The zero-order valence-electron chi connectivity index (χ0n) is 14.4. The molecule has 0 amide bonds. The standard InChI is InChI=1S/C21H18ClF2NO2/c22-12-7-13(21(26)27)19-16(8-12)25-20(11-3-4-14(23)15(24)6-11)18-10-2-1-9(5-10)17(18)19/h3-4,6-10,17-18,20,25H,1-2,5H2,(H,26,27)/t9-,10-,17+,18+,20+/m0/s1. The minimum Gasteiger partial charge on any atom is -0.478 e. The highest BCUT2D eigenvalue weighted by molar-refractivity contribution is 6.31. The highest BCUT2D eigenvalue weighted by atomic mass is 35.5. The molecule has 3 aliphatic rings. The average molecular weight is 390 g/mol. The summed E-state index contributed by atoms with van der Waals surface area (Å²) in [6.45, 7) is 0. The van der Waals surface area contributed by atoms with Crippen LogP contribution in [0.1, 0.15) is 52.7 Å². The van der Waals surface area contributed by atoms with Gasteiger partial charge in [0.05, 0.1) is 11.6 Å². The molecule has 1 heterocycles. The molecule has 2 fully saturated rings. The fraction of sp³-hybridized carbons (Fsp3) is 0.381. The lowest BCUT2D eigenvalue weighted by molar-refractivity contribution is 0.0693. The second-order valence-electron chi connectivity index (χ2n) is 7.95. The Bertz CT molecular complexity index is 963. The first-order chi connectivity index (χ1) is 12.9. The summed E-state index contributed by atoms with van der Waals surface area (Å²) < 4.78 is 27.3. The van der Waals surface area contributed by atoms with E-state index in [-0.39, 0.29) is 23.4 Å². The van der Waals surface area contributed by atoms with Crippen LogP contribution >= 0.6 is 11.6 Å². The molecule has 2 aromatic rings. The van der Waals surface area contributed by atoms with Crippen LogP contribution in [0.2, 0.25) is 5.02 Å². The van der Waals surface area contributed by atoms with Gasteiger partial charge in [-0.1, -0.05) is 17.7 Å². The van der Waals surface area contributed by atoms with E-state index in [0.717, 1.165) is 30.9 Å². The summed E-state index contributed by atoms with van der Waals surface area (Å²) in [5.41, 5.74) is 2.46. The van der Waals surface area contributed by atoms with E-state index in [1.54, 1.807) is 12.1 Å². The minimum atomic E-state index is -0.983. The predicted molar refractivity (Wildman–Crippen MR) is 98.2 cm³/mol. The van der Waals surface area contributed by atoms with Gasteiger partial charge in [-0.3, -0.25) is 0 Å². The summed E-state index contributed by atoms with van der Waals surface area (Å²) >= 11 is 6.17. The first kappa shape index (κ1) is 17.0. The van der Waals surface area contributed by atoms with Crippen molar-refractivity contribution in [3.8, 4) is 0 Å². The molecule has 2 aliphatic carbocycles. The van der Waals surface area contributed by atoms with E-state index < -0.39 is 17.6 Å². The van der Waals surface area contributed by atoms with Crippen molar-refractivity contribution in [1.82, 2.24) is 0 Å². The van der Waals surface area contributed by atoms with Crippen LogP contribution in [-0.2, 0) is 0 Å². The van der Waals surface area contributed by atoms with Crippen LogP contribution in [0.5, 0.6) is 0 Å². The number of rotatable bonds is 2. The third kappa shape index (κ3) is 2.48. The number of halogens is 3. The van der Waals surface area contributed by atoms with Crippen molar-refractivity contribution in [2.45, 2.75) is 31.2 Å². The predicted octanol–water partition coefficient (Wildman–Crippen LogP) is 5.61. The number of fused-ring (bicyclic) bond motifs is 7. The Morgan fingerprint density at radius 3 is 2.63 bits per heavy atom. The molecule has 140 valence electrons. The molecule has 2 saturated carbocycles. The fourth-order valence-electron chi connectivity index (χ4n) is 5.79. The lowest BCUT2D eigenvalue weighted by atomic mass is 9.67. The maximum absolute atomic E-state index is 13.9. The molecule has 0 radical (unpaired) electrons. The third-order valence-corrected chi connectivity index (χ3v) is 6.91.